The standard InChI is InChI=1S/C25H25NO2/c1-28-23-13-11-21(12-14-23)25-24(20-9-7-18(17-27)8-10-20)15-22(16-26-25)19-5-3-2-4-6-19/h7-17,19H,2-6H2,1H3. The van der Waals surface area contributed by atoms with Crippen molar-refractivity contribution in [3.05, 3.63) is 71.9 Å². The van der Waals surface area contributed by atoms with Crippen molar-refractivity contribution in [2.75, 3.05) is 7.11 Å². The predicted molar refractivity (Wildman–Crippen MR) is 113 cm³/mol. The minimum absolute atomic E-state index is 0.596. The van der Waals surface area contributed by atoms with Crippen LogP contribution < -0.4 is 4.74 Å². The normalized spacial score (nSPS) is 14.6. The molecule has 142 valence electrons. The third-order valence-corrected chi connectivity index (χ3v) is 5.71. The molecule has 1 aliphatic rings. The molecule has 1 aliphatic carbocycles. The molecule has 3 nitrogen and oxygen atoms in total. The number of carbonyl (C=O) groups excluding carboxylic acids is 1. The molecule has 0 amide bonds. The molecule has 2 aromatic carbocycles. The van der Waals surface area contributed by atoms with Gasteiger partial charge in [0.1, 0.15) is 12.0 Å². The summed E-state index contributed by atoms with van der Waals surface area (Å²) < 4.78 is 5.29. The Morgan fingerprint density at radius 1 is 0.929 bits per heavy atom. The first-order valence-corrected chi connectivity index (χ1v) is 9.98. The van der Waals surface area contributed by atoms with Crippen molar-refractivity contribution in [1.29, 1.82) is 0 Å². The van der Waals surface area contributed by atoms with E-state index in [4.69, 9.17) is 9.72 Å². The molecule has 28 heavy (non-hydrogen) atoms. The Morgan fingerprint density at radius 2 is 1.61 bits per heavy atom. The van der Waals surface area contributed by atoms with Crippen LogP contribution >= 0.6 is 0 Å². The first-order chi connectivity index (χ1) is 13.8. The first kappa shape index (κ1) is 18.4. The van der Waals surface area contributed by atoms with E-state index < -0.39 is 0 Å². The van der Waals surface area contributed by atoms with Gasteiger partial charge in [-0.2, -0.15) is 0 Å². The summed E-state index contributed by atoms with van der Waals surface area (Å²) in [6.45, 7) is 0. The summed E-state index contributed by atoms with van der Waals surface area (Å²) in [5, 5.41) is 0. The highest BCUT2D eigenvalue weighted by Gasteiger charge is 2.18. The van der Waals surface area contributed by atoms with Gasteiger partial charge in [0.15, 0.2) is 0 Å². The van der Waals surface area contributed by atoms with Gasteiger partial charge in [0, 0.05) is 22.9 Å². The van der Waals surface area contributed by atoms with Crippen molar-refractivity contribution >= 4 is 6.29 Å². The van der Waals surface area contributed by atoms with Crippen LogP contribution in [0, 0.1) is 0 Å². The third-order valence-electron chi connectivity index (χ3n) is 5.71. The van der Waals surface area contributed by atoms with E-state index >= 15 is 0 Å². The summed E-state index contributed by atoms with van der Waals surface area (Å²) >= 11 is 0. The zero-order valence-electron chi connectivity index (χ0n) is 16.2. The Labute approximate surface area is 166 Å². The number of hydrogen-bond donors (Lipinski definition) is 0. The Morgan fingerprint density at radius 3 is 2.25 bits per heavy atom. The lowest BCUT2D eigenvalue weighted by Gasteiger charge is -2.23. The third kappa shape index (κ3) is 3.84. The van der Waals surface area contributed by atoms with E-state index in [1.54, 1.807) is 7.11 Å². The topological polar surface area (TPSA) is 39.2 Å². The number of rotatable bonds is 5. The molecule has 0 aliphatic heterocycles. The van der Waals surface area contributed by atoms with Gasteiger partial charge in [0.25, 0.3) is 0 Å². The van der Waals surface area contributed by atoms with Crippen LogP contribution in [-0.2, 0) is 0 Å². The van der Waals surface area contributed by atoms with E-state index in [0.29, 0.717) is 11.5 Å². The molecule has 0 spiro atoms. The SMILES string of the molecule is COc1ccc(-c2ncc(C3CCCCC3)cc2-c2ccc(C=O)cc2)cc1. The van der Waals surface area contributed by atoms with Crippen molar-refractivity contribution < 1.29 is 9.53 Å². The lowest BCUT2D eigenvalue weighted by atomic mass is 9.83. The molecular formula is C25H25NO2. The molecule has 1 aromatic heterocycles. The molecule has 1 saturated carbocycles. The second kappa shape index (κ2) is 8.39. The number of pyridine rings is 1. The molecule has 1 fully saturated rings. The van der Waals surface area contributed by atoms with Crippen molar-refractivity contribution in [3.8, 4) is 28.1 Å². The molecule has 0 unspecified atom stereocenters. The monoisotopic (exact) mass is 371 g/mol. The van der Waals surface area contributed by atoms with Gasteiger partial charge in [0.05, 0.1) is 12.8 Å². The first-order valence-electron chi connectivity index (χ1n) is 9.98. The molecule has 3 aromatic rings. The number of benzene rings is 2. The number of aromatic nitrogens is 1. The van der Waals surface area contributed by atoms with Gasteiger partial charge in [0.2, 0.25) is 0 Å². The van der Waals surface area contributed by atoms with E-state index in [9.17, 15) is 4.79 Å². The summed E-state index contributed by atoms with van der Waals surface area (Å²) in [4.78, 5) is 15.9. The van der Waals surface area contributed by atoms with E-state index in [0.717, 1.165) is 34.4 Å². The smallest absolute Gasteiger partial charge is 0.150 e. The van der Waals surface area contributed by atoms with Crippen LogP contribution in [0.1, 0.15) is 53.9 Å². The van der Waals surface area contributed by atoms with Crippen LogP contribution in [0.3, 0.4) is 0 Å². The van der Waals surface area contributed by atoms with Crippen molar-refractivity contribution in [1.82, 2.24) is 4.98 Å². The minimum atomic E-state index is 0.596. The maximum atomic E-state index is 11.0. The van der Waals surface area contributed by atoms with Crippen LogP contribution in [0.4, 0.5) is 0 Å². The van der Waals surface area contributed by atoms with Crippen LogP contribution in [0.2, 0.25) is 0 Å². The molecular weight excluding hydrogens is 346 g/mol. The van der Waals surface area contributed by atoms with E-state index in [2.05, 4.69) is 12.3 Å². The highest BCUT2D eigenvalue weighted by molar-refractivity contribution is 5.83. The van der Waals surface area contributed by atoms with Gasteiger partial charge in [-0.25, -0.2) is 0 Å². The number of methoxy groups -OCH3 is 1. The van der Waals surface area contributed by atoms with Crippen LogP contribution in [-0.4, -0.2) is 18.4 Å². The van der Waals surface area contributed by atoms with Crippen molar-refractivity contribution in [2.45, 2.75) is 38.0 Å². The van der Waals surface area contributed by atoms with E-state index in [1.807, 2.05) is 48.5 Å². The van der Waals surface area contributed by atoms with Gasteiger partial charge in [-0.3, -0.25) is 9.78 Å². The zero-order valence-corrected chi connectivity index (χ0v) is 16.2. The van der Waals surface area contributed by atoms with E-state index in [-0.39, 0.29) is 0 Å². The molecule has 3 heteroatoms. The summed E-state index contributed by atoms with van der Waals surface area (Å²) in [5.41, 5.74) is 6.23. The summed E-state index contributed by atoms with van der Waals surface area (Å²) in [5.74, 6) is 1.43. The molecule has 0 atom stereocenters. The Hall–Kier alpha value is -2.94. The van der Waals surface area contributed by atoms with Crippen LogP contribution in [0.25, 0.3) is 22.4 Å². The fourth-order valence-corrected chi connectivity index (χ4v) is 4.08. The fourth-order valence-electron chi connectivity index (χ4n) is 4.08. The summed E-state index contributed by atoms with van der Waals surface area (Å²) in [6, 6.07) is 18.1. The van der Waals surface area contributed by atoms with Gasteiger partial charge in [-0.15, -0.1) is 0 Å². The quantitative estimate of drug-likeness (QED) is 0.495. The zero-order chi connectivity index (χ0) is 19.3. The van der Waals surface area contributed by atoms with Crippen LogP contribution in [0.5, 0.6) is 5.75 Å². The molecule has 0 radical (unpaired) electrons. The molecule has 0 bridgehead atoms. The number of ether oxygens (including phenoxy) is 1. The number of aldehydes is 1. The average Bonchev–Trinajstić information content (AvgIpc) is 2.79. The fraction of sp³-hybridized carbons (Fsp3) is 0.280. The molecule has 1 heterocycles. The lowest BCUT2D eigenvalue weighted by molar-refractivity contribution is 0.112. The van der Waals surface area contributed by atoms with Gasteiger partial charge in [-0.1, -0.05) is 43.5 Å². The second-order valence-corrected chi connectivity index (χ2v) is 7.47. The van der Waals surface area contributed by atoms with Crippen molar-refractivity contribution in [3.63, 3.8) is 0 Å². The van der Waals surface area contributed by atoms with Gasteiger partial charge >= 0.3 is 0 Å². The summed E-state index contributed by atoms with van der Waals surface area (Å²) in [6.07, 6.45) is 9.36. The largest absolute Gasteiger partial charge is 0.497 e. The Kier molecular flexibility index (Phi) is 5.52. The number of hydrogen-bond acceptors (Lipinski definition) is 3. The average molecular weight is 371 g/mol. The highest BCUT2D eigenvalue weighted by Crippen LogP contribution is 2.37. The maximum Gasteiger partial charge on any atom is 0.150 e. The Balaban J connectivity index is 1.79. The Bertz CT molecular complexity index is 939. The maximum absolute atomic E-state index is 11.0. The number of carbonyl (C=O) groups is 1. The lowest BCUT2D eigenvalue weighted by Crippen LogP contribution is -2.05. The predicted octanol–water partition coefficient (Wildman–Crippen LogP) is 6.28. The minimum Gasteiger partial charge on any atom is -0.497 e. The molecule has 4 rings (SSSR count). The van der Waals surface area contributed by atoms with Crippen molar-refractivity contribution in [2.24, 2.45) is 0 Å². The highest BCUT2D eigenvalue weighted by atomic mass is 16.5. The summed E-state index contributed by atoms with van der Waals surface area (Å²) in [7, 11) is 1.67. The van der Waals surface area contributed by atoms with Crippen LogP contribution in [0.15, 0.2) is 60.8 Å². The van der Waals surface area contributed by atoms with Gasteiger partial charge in [-0.05, 0) is 60.2 Å². The molecule has 0 N–H and O–H groups in total. The molecule has 0 saturated heterocycles. The van der Waals surface area contributed by atoms with E-state index in [1.165, 1.54) is 37.7 Å². The van der Waals surface area contributed by atoms with Gasteiger partial charge < -0.3 is 4.74 Å². The second-order valence-electron chi connectivity index (χ2n) is 7.47. The number of nitrogens with zero attached hydrogens (tertiary/aromatic N) is 1.